The van der Waals surface area contributed by atoms with Crippen LogP contribution in [0, 0.1) is 0 Å². The number of benzene rings is 1. The fourth-order valence-electron chi connectivity index (χ4n) is 1.58. The van der Waals surface area contributed by atoms with Gasteiger partial charge in [-0.2, -0.15) is 0 Å². The monoisotopic (exact) mass is 219 g/mol. The molecule has 0 heterocycles. The number of nitrogens with one attached hydrogen (secondary N) is 1. The number of nitrogens with two attached hydrogens (primary N) is 1. The van der Waals surface area contributed by atoms with E-state index in [-0.39, 0.29) is 5.84 Å². The lowest BCUT2D eigenvalue weighted by Crippen LogP contribution is -2.27. The highest BCUT2D eigenvalue weighted by Crippen LogP contribution is 2.34. The van der Waals surface area contributed by atoms with Gasteiger partial charge in [-0.1, -0.05) is 23.4 Å². The summed E-state index contributed by atoms with van der Waals surface area (Å²) in [5.41, 5.74) is 7.77. The number of amidine groups is 1. The predicted octanol–water partition coefficient (Wildman–Crippen LogP) is 1.42. The van der Waals surface area contributed by atoms with Crippen molar-refractivity contribution < 1.29 is 5.21 Å². The Labute approximate surface area is 95.1 Å². The van der Waals surface area contributed by atoms with Gasteiger partial charge >= 0.3 is 0 Å². The summed E-state index contributed by atoms with van der Waals surface area (Å²) < 4.78 is 0. The van der Waals surface area contributed by atoms with Crippen LogP contribution in [0.1, 0.15) is 30.9 Å². The molecule has 0 aromatic heterocycles. The van der Waals surface area contributed by atoms with Gasteiger partial charge in [0, 0.05) is 17.6 Å². The minimum atomic E-state index is 0.152. The molecule has 2 rings (SSSR count). The van der Waals surface area contributed by atoms with Gasteiger partial charge in [0.15, 0.2) is 5.84 Å². The first-order valence-corrected chi connectivity index (χ1v) is 5.45. The molecule has 0 atom stereocenters. The van der Waals surface area contributed by atoms with E-state index in [0.29, 0.717) is 5.54 Å². The molecule has 1 saturated carbocycles. The molecule has 16 heavy (non-hydrogen) atoms. The fourth-order valence-corrected chi connectivity index (χ4v) is 1.58. The van der Waals surface area contributed by atoms with Crippen molar-refractivity contribution in [3.05, 3.63) is 35.4 Å². The van der Waals surface area contributed by atoms with E-state index in [1.54, 1.807) is 0 Å². The van der Waals surface area contributed by atoms with Crippen molar-refractivity contribution in [3.8, 4) is 0 Å². The van der Waals surface area contributed by atoms with Gasteiger partial charge in [0.25, 0.3) is 0 Å². The van der Waals surface area contributed by atoms with Crippen LogP contribution in [0.2, 0.25) is 0 Å². The van der Waals surface area contributed by atoms with Crippen molar-refractivity contribution in [1.29, 1.82) is 0 Å². The summed E-state index contributed by atoms with van der Waals surface area (Å²) in [5, 5.41) is 15.1. The zero-order valence-corrected chi connectivity index (χ0v) is 9.40. The zero-order chi connectivity index (χ0) is 11.6. The average Bonchev–Trinajstić information content (AvgIpc) is 3.05. The molecular formula is C12H17N3O. The Morgan fingerprint density at radius 1 is 1.56 bits per heavy atom. The van der Waals surface area contributed by atoms with Gasteiger partial charge in [0.05, 0.1) is 0 Å². The zero-order valence-electron chi connectivity index (χ0n) is 9.40. The Balaban J connectivity index is 2.04. The quantitative estimate of drug-likeness (QED) is 0.310. The summed E-state index contributed by atoms with van der Waals surface area (Å²) in [7, 11) is 0. The Kier molecular flexibility index (Phi) is 2.83. The number of oxime groups is 1. The number of hydrogen-bond donors (Lipinski definition) is 3. The van der Waals surface area contributed by atoms with Crippen molar-refractivity contribution in [2.45, 2.75) is 31.8 Å². The van der Waals surface area contributed by atoms with Gasteiger partial charge in [-0.15, -0.1) is 0 Å². The standard InChI is InChI=1S/C12H17N3O/c1-12(5-6-12)14-8-9-3-2-4-10(7-9)11(13)15-16/h2-4,7,14,16H,5-6,8H2,1H3,(H2,13,15). The lowest BCUT2D eigenvalue weighted by atomic mass is 10.1. The first-order chi connectivity index (χ1) is 7.63. The van der Waals surface area contributed by atoms with E-state index >= 15 is 0 Å². The average molecular weight is 219 g/mol. The molecule has 0 amide bonds. The Morgan fingerprint density at radius 3 is 2.94 bits per heavy atom. The molecule has 4 N–H and O–H groups in total. The maximum Gasteiger partial charge on any atom is 0.170 e. The summed E-state index contributed by atoms with van der Waals surface area (Å²) in [6, 6.07) is 7.72. The van der Waals surface area contributed by atoms with Gasteiger partial charge in [0.2, 0.25) is 0 Å². The molecular weight excluding hydrogens is 202 g/mol. The predicted molar refractivity (Wildman–Crippen MR) is 63.4 cm³/mol. The van der Waals surface area contributed by atoms with E-state index < -0.39 is 0 Å². The molecule has 1 aromatic carbocycles. The summed E-state index contributed by atoms with van der Waals surface area (Å²) in [4.78, 5) is 0. The number of hydrogen-bond acceptors (Lipinski definition) is 3. The second kappa shape index (κ2) is 4.14. The van der Waals surface area contributed by atoms with Gasteiger partial charge in [-0.25, -0.2) is 0 Å². The Bertz CT molecular complexity index is 410. The van der Waals surface area contributed by atoms with Crippen LogP contribution in [0.15, 0.2) is 29.4 Å². The molecule has 0 aliphatic heterocycles. The molecule has 0 unspecified atom stereocenters. The molecule has 1 aliphatic rings. The molecule has 0 spiro atoms. The van der Waals surface area contributed by atoms with Crippen LogP contribution in [0.4, 0.5) is 0 Å². The summed E-state index contributed by atoms with van der Waals surface area (Å²) >= 11 is 0. The lowest BCUT2D eigenvalue weighted by molar-refractivity contribution is 0.318. The normalized spacial score (nSPS) is 18.4. The first kappa shape index (κ1) is 11.0. The summed E-state index contributed by atoms with van der Waals surface area (Å²) in [5.74, 6) is 0.152. The van der Waals surface area contributed by atoms with E-state index in [2.05, 4.69) is 17.4 Å². The van der Waals surface area contributed by atoms with Crippen LogP contribution in [0.25, 0.3) is 0 Å². The summed E-state index contributed by atoms with van der Waals surface area (Å²) in [6.45, 7) is 3.05. The minimum Gasteiger partial charge on any atom is -0.409 e. The van der Waals surface area contributed by atoms with E-state index in [1.807, 2.05) is 24.3 Å². The molecule has 0 radical (unpaired) electrons. The lowest BCUT2D eigenvalue weighted by Gasteiger charge is -2.11. The van der Waals surface area contributed by atoms with Crippen molar-refractivity contribution in [2.75, 3.05) is 0 Å². The highest BCUT2D eigenvalue weighted by atomic mass is 16.4. The Hall–Kier alpha value is -1.55. The molecule has 4 heteroatoms. The van der Waals surface area contributed by atoms with E-state index in [4.69, 9.17) is 10.9 Å². The second-order valence-corrected chi connectivity index (χ2v) is 4.60. The van der Waals surface area contributed by atoms with Crippen LogP contribution in [-0.2, 0) is 6.54 Å². The van der Waals surface area contributed by atoms with Gasteiger partial charge < -0.3 is 16.3 Å². The largest absolute Gasteiger partial charge is 0.409 e. The molecule has 4 nitrogen and oxygen atoms in total. The second-order valence-electron chi connectivity index (χ2n) is 4.60. The minimum absolute atomic E-state index is 0.152. The highest BCUT2D eigenvalue weighted by molar-refractivity contribution is 5.97. The third-order valence-corrected chi connectivity index (χ3v) is 3.05. The maximum atomic E-state index is 8.60. The van der Waals surface area contributed by atoms with E-state index in [1.165, 1.54) is 12.8 Å². The number of nitrogens with zero attached hydrogens (tertiary/aromatic N) is 1. The van der Waals surface area contributed by atoms with Crippen LogP contribution in [-0.4, -0.2) is 16.6 Å². The van der Waals surface area contributed by atoms with Crippen LogP contribution >= 0.6 is 0 Å². The molecule has 1 aromatic rings. The van der Waals surface area contributed by atoms with Crippen molar-refractivity contribution >= 4 is 5.84 Å². The third kappa shape index (κ3) is 2.52. The molecule has 86 valence electrons. The molecule has 1 aliphatic carbocycles. The SMILES string of the molecule is CC1(NCc2cccc(/C(N)=N/O)c2)CC1. The van der Waals surface area contributed by atoms with Crippen LogP contribution < -0.4 is 11.1 Å². The van der Waals surface area contributed by atoms with E-state index in [9.17, 15) is 0 Å². The molecule has 0 bridgehead atoms. The summed E-state index contributed by atoms with van der Waals surface area (Å²) in [6.07, 6.45) is 2.49. The smallest absolute Gasteiger partial charge is 0.170 e. The van der Waals surface area contributed by atoms with Gasteiger partial charge in [-0.05, 0) is 31.4 Å². The fraction of sp³-hybridized carbons (Fsp3) is 0.417. The van der Waals surface area contributed by atoms with Crippen molar-refractivity contribution in [3.63, 3.8) is 0 Å². The third-order valence-electron chi connectivity index (χ3n) is 3.05. The topological polar surface area (TPSA) is 70.6 Å². The highest BCUT2D eigenvalue weighted by Gasteiger charge is 2.36. The Morgan fingerprint density at radius 2 is 2.31 bits per heavy atom. The van der Waals surface area contributed by atoms with Crippen molar-refractivity contribution in [1.82, 2.24) is 5.32 Å². The van der Waals surface area contributed by atoms with Crippen molar-refractivity contribution in [2.24, 2.45) is 10.9 Å². The van der Waals surface area contributed by atoms with Gasteiger partial charge in [-0.3, -0.25) is 0 Å². The van der Waals surface area contributed by atoms with Crippen LogP contribution in [0.3, 0.4) is 0 Å². The van der Waals surface area contributed by atoms with Crippen LogP contribution in [0.5, 0.6) is 0 Å². The van der Waals surface area contributed by atoms with Gasteiger partial charge in [0.1, 0.15) is 0 Å². The van der Waals surface area contributed by atoms with E-state index in [0.717, 1.165) is 17.7 Å². The number of rotatable bonds is 4. The maximum absolute atomic E-state index is 8.60. The first-order valence-electron chi connectivity index (χ1n) is 5.45. The molecule has 0 saturated heterocycles. The molecule has 1 fully saturated rings.